The first-order valence-electron chi connectivity index (χ1n) is 5.69. The van der Waals surface area contributed by atoms with Crippen molar-refractivity contribution in [3.05, 3.63) is 53.8 Å². The van der Waals surface area contributed by atoms with Gasteiger partial charge < -0.3 is 5.32 Å². The molecule has 0 radical (unpaired) electrons. The number of benzene rings is 1. The Bertz CT molecular complexity index is 703. The van der Waals surface area contributed by atoms with Gasteiger partial charge in [0.15, 0.2) is 0 Å². The molecular weight excluding hydrogens is 246 g/mol. The van der Waals surface area contributed by atoms with Crippen LogP contribution in [0.4, 0.5) is 5.69 Å². The van der Waals surface area contributed by atoms with Gasteiger partial charge in [0.2, 0.25) is 0 Å². The van der Waals surface area contributed by atoms with E-state index in [4.69, 9.17) is 11.6 Å². The zero-order chi connectivity index (χ0) is 12.5. The highest BCUT2D eigenvalue weighted by molar-refractivity contribution is 6.33. The molecule has 2 heterocycles. The van der Waals surface area contributed by atoms with E-state index in [0.29, 0.717) is 5.02 Å². The van der Waals surface area contributed by atoms with Gasteiger partial charge in [-0.3, -0.25) is 4.40 Å². The van der Waals surface area contributed by atoms with Crippen LogP contribution in [0.3, 0.4) is 0 Å². The number of halogens is 1. The van der Waals surface area contributed by atoms with E-state index in [9.17, 15) is 0 Å². The molecule has 1 aromatic carbocycles. The number of fused-ring (bicyclic) bond motifs is 1. The first-order valence-corrected chi connectivity index (χ1v) is 6.07. The second-order valence-electron chi connectivity index (χ2n) is 4.02. The molecule has 0 aliphatic rings. The summed E-state index contributed by atoms with van der Waals surface area (Å²) < 4.78 is 2.03. The molecule has 90 valence electrons. The number of hydrogen-bond donors (Lipinski definition) is 1. The van der Waals surface area contributed by atoms with Gasteiger partial charge in [0.25, 0.3) is 0 Å². The maximum atomic E-state index is 6.22. The maximum absolute atomic E-state index is 6.22. The largest absolute Gasteiger partial charge is 0.387 e. The van der Waals surface area contributed by atoms with Crippen molar-refractivity contribution < 1.29 is 0 Å². The Balaban J connectivity index is 2.26. The highest BCUT2D eigenvalue weighted by Crippen LogP contribution is 2.27. The minimum atomic E-state index is 0.708. The third-order valence-corrected chi connectivity index (χ3v) is 3.26. The van der Waals surface area contributed by atoms with Crippen molar-refractivity contribution in [2.24, 2.45) is 0 Å². The average Bonchev–Trinajstić information content (AvgIpc) is 2.82. The Kier molecular flexibility index (Phi) is 2.68. The van der Waals surface area contributed by atoms with Gasteiger partial charge in [-0.2, -0.15) is 0 Å². The van der Waals surface area contributed by atoms with Crippen LogP contribution in [0, 0.1) is 0 Å². The molecule has 0 aliphatic heterocycles. The topological polar surface area (TPSA) is 29.3 Å². The van der Waals surface area contributed by atoms with E-state index in [1.54, 1.807) is 0 Å². The third kappa shape index (κ3) is 1.73. The summed E-state index contributed by atoms with van der Waals surface area (Å²) >= 11 is 6.22. The molecule has 18 heavy (non-hydrogen) atoms. The fourth-order valence-electron chi connectivity index (χ4n) is 1.98. The number of pyridine rings is 1. The zero-order valence-corrected chi connectivity index (χ0v) is 10.6. The van der Waals surface area contributed by atoms with Crippen LogP contribution >= 0.6 is 11.6 Å². The first-order chi connectivity index (χ1) is 8.79. The van der Waals surface area contributed by atoms with Crippen molar-refractivity contribution in [2.75, 3.05) is 12.4 Å². The lowest BCUT2D eigenvalue weighted by atomic mass is 10.2. The molecule has 0 spiro atoms. The van der Waals surface area contributed by atoms with Crippen LogP contribution in [0.1, 0.15) is 0 Å². The zero-order valence-electron chi connectivity index (χ0n) is 9.89. The molecule has 0 unspecified atom stereocenters. The highest BCUT2D eigenvalue weighted by Gasteiger charge is 2.09. The molecule has 0 bridgehead atoms. The summed E-state index contributed by atoms with van der Waals surface area (Å²) in [7, 11) is 1.90. The lowest BCUT2D eigenvalue weighted by molar-refractivity contribution is 1.16. The quantitative estimate of drug-likeness (QED) is 0.759. The van der Waals surface area contributed by atoms with Crippen molar-refractivity contribution >= 4 is 22.8 Å². The van der Waals surface area contributed by atoms with Gasteiger partial charge in [-0.1, -0.05) is 23.7 Å². The van der Waals surface area contributed by atoms with Crippen molar-refractivity contribution in [3.8, 4) is 11.4 Å². The smallest absolute Gasteiger partial charge is 0.146 e. The van der Waals surface area contributed by atoms with Gasteiger partial charge in [-0.25, -0.2) is 4.98 Å². The Hall–Kier alpha value is -2.00. The number of aromatic nitrogens is 2. The van der Waals surface area contributed by atoms with E-state index in [1.165, 1.54) is 0 Å². The van der Waals surface area contributed by atoms with Crippen LogP contribution in [-0.4, -0.2) is 16.4 Å². The van der Waals surface area contributed by atoms with Crippen molar-refractivity contribution in [3.63, 3.8) is 0 Å². The van der Waals surface area contributed by atoms with E-state index in [1.807, 2.05) is 60.2 Å². The second-order valence-corrected chi connectivity index (χ2v) is 4.43. The van der Waals surface area contributed by atoms with Crippen LogP contribution in [0.15, 0.2) is 48.8 Å². The number of nitrogens with zero attached hydrogens (tertiary/aromatic N) is 2. The van der Waals surface area contributed by atoms with Crippen molar-refractivity contribution in [2.45, 2.75) is 0 Å². The molecule has 3 nitrogen and oxygen atoms in total. The lowest BCUT2D eigenvalue weighted by Gasteiger charge is -2.06. The fourth-order valence-corrected chi connectivity index (χ4v) is 2.20. The summed E-state index contributed by atoms with van der Waals surface area (Å²) in [5.74, 6) is 0.854. The monoisotopic (exact) mass is 257 g/mol. The summed E-state index contributed by atoms with van der Waals surface area (Å²) in [6.07, 6.45) is 3.86. The van der Waals surface area contributed by atoms with Gasteiger partial charge in [-0.15, -0.1) is 0 Å². The molecule has 0 saturated heterocycles. The van der Waals surface area contributed by atoms with Crippen LogP contribution in [0.2, 0.25) is 5.02 Å². The van der Waals surface area contributed by atoms with Crippen LogP contribution in [-0.2, 0) is 0 Å². The van der Waals surface area contributed by atoms with Gasteiger partial charge in [0.1, 0.15) is 5.82 Å². The molecule has 1 N–H and O–H groups in total. The van der Waals surface area contributed by atoms with Gasteiger partial charge in [0.05, 0.1) is 22.4 Å². The predicted octanol–water partition coefficient (Wildman–Crippen LogP) is 3.70. The number of imidazole rings is 1. The second kappa shape index (κ2) is 4.35. The van der Waals surface area contributed by atoms with Gasteiger partial charge >= 0.3 is 0 Å². The molecule has 3 rings (SSSR count). The van der Waals surface area contributed by atoms with E-state index in [2.05, 4.69) is 10.3 Å². The number of anilines is 1. The van der Waals surface area contributed by atoms with Gasteiger partial charge in [-0.05, 0) is 24.3 Å². The summed E-state index contributed by atoms with van der Waals surface area (Å²) in [4.78, 5) is 4.45. The Labute approximate surface area is 110 Å². The molecule has 2 aromatic heterocycles. The summed E-state index contributed by atoms with van der Waals surface area (Å²) in [5, 5.41) is 3.83. The van der Waals surface area contributed by atoms with Crippen LogP contribution in [0.25, 0.3) is 16.9 Å². The molecular formula is C14H12ClN3. The van der Waals surface area contributed by atoms with Crippen molar-refractivity contribution in [1.29, 1.82) is 0 Å². The number of hydrogen-bond acceptors (Lipinski definition) is 2. The lowest BCUT2D eigenvalue weighted by Crippen LogP contribution is -1.94. The number of nitrogens with one attached hydrogen (secondary N) is 1. The summed E-state index contributed by atoms with van der Waals surface area (Å²) in [5.41, 5.74) is 3.02. The first kappa shape index (κ1) is 11.1. The molecule has 0 amide bonds. The third-order valence-electron chi connectivity index (χ3n) is 2.93. The van der Waals surface area contributed by atoms with Crippen LogP contribution < -0.4 is 5.32 Å². The molecule has 0 saturated carbocycles. The average molecular weight is 258 g/mol. The Morgan fingerprint density at radius 2 is 2.00 bits per heavy atom. The van der Waals surface area contributed by atoms with Crippen LogP contribution in [0.5, 0.6) is 0 Å². The predicted molar refractivity (Wildman–Crippen MR) is 75.2 cm³/mol. The maximum Gasteiger partial charge on any atom is 0.146 e. The molecule has 0 fully saturated rings. The van der Waals surface area contributed by atoms with E-state index in [-0.39, 0.29) is 0 Å². The minimum Gasteiger partial charge on any atom is -0.387 e. The van der Waals surface area contributed by atoms with E-state index < -0.39 is 0 Å². The fraction of sp³-hybridized carbons (Fsp3) is 0.0714. The minimum absolute atomic E-state index is 0.708. The normalized spacial score (nSPS) is 10.8. The Morgan fingerprint density at radius 3 is 2.78 bits per heavy atom. The summed E-state index contributed by atoms with van der Waals surface area (Å²) in [6.45, 7) is 0. The van der Waals surface area contributed by atoms with Crippen molar-refractivity contribution in [1.82, 2.24) is 9.38 Å². The molecule has 0 atom stereocenters. The van der Waals surface area contributed by atoms with E-state index >= 15 is 0 Å². The van der Waals surface area contributed by atoms with Gasteiger partial charge in [0, 0.05) is 18.8 Å². The van der Waals surface area contributed by atoms with E-state index in [0.717, 1.165) is 22.6 Å². The number of rotatable bonds is 2. The Morgan fingerprint density at radius 1 is 1.17 bits per heavy atom. The SMILES string of the molecule is CNc1ccc2cnc(-c3ccccc3Cl)n2c1. The highest BCUT2D eigenvalue weighted by atomic mass is 35.5. The molecule has 0 aliphatic carbocycles. The standard InChI is InChI=1S/C14H12ClN3/c1-16-10-6-7-11-8-17-14(18(11)9-10)12-4-2-3-5-13(12)15/h2-9,16H,1H3. The summed E-state index contributed by atoms with van der Waals surface area (Å²) in [6, 6.07) is 11.8. The molecule has 4 heteroatoms. The molecule has 3 aromatic rings.